The Morgan fingerprint density at radius 3 is 2.42 bits per heavy atom. The van der Waals surface area contributed by atoms with Crippen LogP contribution in [0.4, 0.5) is 4.20 Å². The topological polar surface area (TPSA) is 114 Å². The summed E-state index contributed by atoms with van der Waals surface area (Å²) in [6.45, 7) is 0. The van der Waals surface area contributed by atoms with Gasteiger partial charge in [0.1, 0.15) is 0 Å². The van der Waals surface area contributed by atoms with Crippen molar-refractivity contribution >= 4 is 19.8 Å². The summed E-state index contributed by atoms with van der Waals surface area (Å²) in [5.41, 5.74) is 0. The number of nitriles is 1. The number of carbonyl (C=O) groups excluding carboxylic acids is 1. The second-order valence-electron chi connectivity index (χ2n) is 1.30. The Hall–Kier alpha value is -1.61. The van der Waals surface area contributed by atoms with Crippen molar-refractivity contribution in [3.05, 3.63) is 0 Å². The predicted molar refractivity (Wildman–Crippen MR) is 29.1 cm³/mol. The molecule has 0 spiro atoms. The molecule has 0 bridgehead atoms. The summed E-state index contributed by atoms with van der Waals surface area (Å²) in [4.78, 5) is 19.7. The molecule has 9 heteroatoms. The molecule has 0 radical (unpaired) electrons. The van der Waals surface area contributed by atoms with Crippen LogP contribution in [0.25, 0.3) is 0 Å². The molecule has 0 rings (SSSR count). The molecule has 12 heavy (non-hydrogen) atoms. The van der Waals surface area contributed by atoms with E-state index in [4.69, 9.17) is 10.4 Å². The average Bonchev–Trinajstić information content (AvgIpc) is 1.85. The fourth-order valence-corrected chi connectivity index (χ4v) is 0.616. The molecule has 1 atom stereocenters. The van der Waals surface area contributed by atoms with E-state index in [-0.39, 0.29) is 0 Å². The van der Waals surface area contributed by atoms with Gasteiger partial charge in [-0.25, -0.2) is 14.2 Å². The first-order chi connectivity index (χ1) is 5.39. The van der Waals surface area contributed by atoms with Gasteiger partial charge in [-0.1, -0.05) is 0 Å². The Labute approximate surface area is 65.0 Å². The molecule has 1 unspecified atom stereocenters. The molecule has 0 aliphatic rings. The van der Waals surface area contributed by atoms with Gasteiger partial charge in [0.2, 0.25) is 0 Å². The minimum Gasteiger partial charge on any atom is -0.473 e. The summed E-state index contributed by atoms with van der Waals surface area (Å²) in [5, 5.41) is 15.4. The summed E-state index contributed by atoms with van der Waals surface area (Å²) in [7, 11) is -5.39. The van der Waals surface area contributed by atoms with E-state index in [2.05, 4.69) is 9.05 Å². The third-order valence-electron chi connectivity index (χ3n) is 0.516. The minimum atomic E-state index is -5.39. The van der Waals surface area contributed by atoms with Gasteiger partial charge >= 0.3 is 19.8 Å². The smallest absolute Gasteiger partial charge is 0.473 e. The van der Waals surface area contributed by atoms with E-state index in [1.54, 1.807) is 0 Å². The third kappa shape index (κ3) is 3.53. The highest BCUT2D eigenvalue weighted by atomic mass is 31.2. The molecular formula is C3HFNO6P. The molecule has 0 aromatic carbocycles. The van der Waals surface area contributed by atoms with Gasteiger partial charge in [0.15, 0.2) is 0 Å². The highest BCUT2D eigenvalue weighted by Crippen LogP contribution is 2.49. The standard InChI is InChI=1S/C3HFNO6P/c4-12(9,10-1-5)11-3(8)2(6)7/h(H,6,7). The van der Waals surface area contributed by atoms with Gasteiger partial charge in [-0.15, -0.1) is 9.46 Å². The van der Waals surface area contributed by atoms with Gasteiger partial charge in [-0.2, -0.15) is 0 Å². The van der Waals surface area contributed by atoms with Crippen LogP contribution in [0.2, 0.25) is 0 Å². The Balaban J connectivity index is 4.28. The van der Waals surface area contributed by atoms with E-state index in [0.29, 0.717) is 6.26 Å². The van der Waals surface area contributed by atoms with Crippen LogP contribution in [0.3, 0.4) is 0 Å². The number of hydrogen-bond donors (Lipinski definition) is 1. The summed E-state index contributed by atoms with van der Waals surface area (Å²) in [6.07, 6.45) is 0.644. The Bertz CT molecular complexity index is 294. The summed E-state index contributed by atoms with van der Waals surface area (Å²) in [5.74, 6) is -4.24. The lowest BCUT2D eigenvalue weighted by Crippen LogP contribution is -2.14. The first-order valence-electron chi connectivity index (χ1n) is 2.23. The van der Waals surface area contributed by atoms with E-state index in [9.17, 15) is 18.4 Å². The van der Waals surface area contributed by atoms with Crippen LogP contribution in [0, 0.1) is 11.5 Å². The minimum absolute atomic E-state index is 0.644. The van der Waals surface area contributed by atoms with Gasteiger partial charge < -0.3 is 14.2 Å². The molecule has 0 saturated heterocycles. The first-order valence-corrected chi connectivity index (χ1v) is 3.66. The van der Waals surface area contributed by atoms with Gasteiger partial charge in [-0.05, 0) is 0 Å². The molecule has 66 valence electrons. The van der Waals surface area contributed by atoms with Crippen LogP contribution >= 0.6 is 7.91 Å². The van der Waals surface area contributed by atoms with Gasteiger partial charge in [0, 0.05) is 0 Å². The van der Waals surface area contributed by atoms with E-state index in [1.165, 1.54) is 0 Å². The number of carboxylic acids is 1. The highest BCUT2D eigenvalue weighted by Gasteiger charge is 2.33. The van der Waals surface area contributed by atoms with Crippen LogP contribution in [-0.2, 0) is 23.2 Å². The summed E-state index contributed by atoms with van der Waals surface area (Å²) in [6, 6.07) is 0. The zero-order chi connectivity index (χ0) is 9.78. The molecule has 7 nitrogen and oxygen atoms in total. The van der Waals surface area contributed by atoms with E-state index in [1.807, 2.05) is 0 Å². The molecule has 0 aromatic heterocycles. The molecule has 0 aliphatic carbocycles. The lowest BCUT2D eigenvalue weighted by Gasteiger charge is -2.00. The molecule has 1 N–H and O–H groups in total. The van der Waals surface area contributed by atoms with Crippen LogP contribution in [0.1, 0.15) is 0 Å². The number of carbonyl (C=O) groups is 2. The van der Waals surface area contributed by atoms with Crippen molar-refractivity contribution < 1.29 is 32.5 Å². The number of nitrogens with zero attached hydrogens (tertiary/aromatic N) is 1. The van der Waals surface area contributed by atoms with Crippen LogP contribution < -0.4 is 0 Å². The Morgan fingerprint density at radius 2 is 2.08 bits per heavy atom. The number of hydrogen-bond acceptors (Lipinski definition) is 6. The van der Waals surface area contributed by atoms with Crippen molar-refractivity contribution in [3.63, 3.8) is 0 Å². The van der Waals surface area contributed by atoms with Gasteiger partial charge in [0.25, 0.3) is 6.26 Å². The van der Waals surface area contributed by atoms with Crippen molar-refractivity contribution in [2.24, 2.45) is 0 Å². The fourth-order valence-electron chi connectivity index (χ4n) is 0.205. The second-order valence-corrected chi connectivity index (χ2v) is 2.52. The fraction of sp³-hybridized carbons (Fsp3) is 0. The highest BCUT2D eigenvalue weighted by molar-refractivity contribution is 7.48. The molecule has 0 amide bonds. The molecular weight excluding hydrogens is 196 g/mol. The largest absolute Gasteiger partial charge is 0.641 e. The number of halogens is 1. The zero-order valence-electron chi connectivity index (χ0n) is 5.26. The normalized spacial score (nSPS) is 13.7. The second kappa shape index (κ2) is 3.69. The molecule has 0 fully saturated rings. The van der Waals surface area contributed by atoms with E-state index >= 15 is 0 Å². The monoisotopic (exact) mass is 197 g/mol. The van der Waals surface area contributed by atoms with Crippen LogP contribution in [0.5, 0.6) is 0 Å². The van der Waals surface area contributed by atoms with Gasteiger partial charge in [0.05, 0.1) is 0 Å². The van der Waals surface area contributed by atoms with Crippen molar-refractivity contribution in [1.82, 2.24) is 0 Å². The number of aliphatic carboxylic acids is 1. The molecule has 0 aromatic rings. The molecule has 0 heterocycles. The van der Waals surface area contributed by atoms with E-state index < -0.39 is 19.8 Å². The summed E-state index contributed by atoms with van der Waals surface area (Å²) < 4.78 is 28.5. The van der Waals surface area contributed by atoms with Crippen molar-refractivity contribution in [2.75, 3.05) is 0 Å². The SMILES string of the molecule is N#COP(=O)(F)OC(=O)C(=O)O. The lowest BCUT2D eigenvalue weighted by atomic mass is 10.7. The maximum Gasteiger partial charge on any atom is 0.641 e. The van der Waals surface area contributed by atoms with Crippen molar-refractivity contribution in [1.29, 1.82) is 5.26 Å². The maximum absolute atomic E-state index is 12.1. The van der Waals surface area contributed by atoms with Crippen LogP contribution in [0.15, 0.2) is 0 Å². The third-order valence-corrected chi connectivity index (χ3v) is 1.20. The predicted octanol–water partition coefficient (Wildman–Crippen LogP) is 0.189. The first kappa shape index (κ1) is 10.4. The number of carboxylic acid groups (broad SMARTS) is 1. The Morgan fingerprint density at radius 1 is 1.58 bits per heavy atom. The quantitative estimate of drug-likeness (QED) is 0.381. The van der Waals surface area contributed by atoms with Crippen molar-refractivity contribution in [3.8, 4) is 6.26 Å². The molecule has 0 aliphatic heterocycles. The zero-order valence-corrected chi connectivity index (χ0v) is 6.16. The van der Waals surface area contributed by atoms with Crippen LogP contribution in [-0.4, -0.2) is 17.0 Å². The van der Waals surface area contributed by atoms with E-state index in [0.717, 1.165) is 0 Å². The van der Waals surface area contributed by atoms with Gasteiger partial charge in [-0.3, -0.25) is 0 Å². The lowest BCUT2D eigenvalue weighted by molar-refractivity contribution is -0.158. The van der Waals surface area contributed by atoms with Crippen molar-refractivity contribution in [2.45, 2.75) is 0 Å². The Kier molecular flexibility index (Phi) is 3.19. The molecule has 0 saturated carbocycles. The number of rotatable bonds is 2. The average molecular weight is 197 g/mol. The summed E-state index contributed by atoms with van der Waals surface area (Å²) >= 11 is 0. The maximum atomic E-state index is 12.1.